The van der Waals surface area contributed by atoms with Gasteiger partial charge in [0, 0.05) is 44.1 Å². The molecule has 1 aromatic heterocycles. The van der Waals surface area contributed by atoms with Gasteiger partial charge in [-0.3, -0.25) is 24.3 Å². The van der Waals surface area contributed by atoms with E-state index in [1.807, 2.05) is 36.4 Å². The maximum atomic E-state index is 13.3. The zero-order chi connectivity index (χ0) is 28.5. The van der Waals surface area contributed by atoms with E-state index in [1.165, 1.54) is 18.2 Å². The van der Waals surface area contributed by atoms with E-state index < -0.39 is 11.9 Å². The number of aromatic carboxylic acids is 1. The highest BCUT2D eigenvalue weighted by molar-refractivity contribution is 5.98. The summed E-state index contributed by atoms with van der Waals surface area (Å²) in [5.74, 6) is -1.27. The van der Waals surface area contributed by atoms with Gasteiger partial charge in [-0.25, -0.2) is 4.79 Å². The number of ether oxygens (including phenoxy) is 2. The third-order valence-corrected chi connectivity index (χ3v) is 6.30. The molecule has 4 bridgehead atoms. The van der Waals surface area contributed by atoms with Crippen LogP contribution in [0.5, 0.6) is 11.5 Å². The number of hydrogen-bond acceptors (Lipinski definition) is 8. The summed E-state index contributed by atoms with van der Waals surface area (Å²) in [6, 6.07) is 15.0. The molecule has 2 atom stereocenters. The van der Waals surface area contributed by atoms with Crippen LogP contribution in [0.15, 0.2) is 67.0 Å². The van der Waals surface area contributed by atoms with E-state index in [0.29, 0.717) is 31.9 Å². The first-order valence-corrected chi connectivity index (χ1v) is 12.4. The molecule has 40 heavy (non-hydrogen) atoms. The predicted molar refractivity (Wildman–Crippen MR) is 141 cm³/mol. The minimum absolute atomic E-state index is 0.114. The maximum Gasteiger partial charge on any atom is 0.335 e. The summed E-state index contributed by atoms with van der Waals surface area (Å²) in [5.41, 5.74) is 1.99. The number of benzene rings is 2. The van der Waals surface area contributed by atoms with Crippen LogP contribution in [-0.4, -0.2) is 76.2 Å². The Hall–Kier alpha value is -4.97. The summed E-state index contributed by atoms with van der Waals surface area (Å²) >= 11 is 0. The van der Waals surface area contributed by atoms with Crippen LogP contribution < -0.4 is 20.1 Å². The molecule has 3 aliphatic rings. The average molecular weight is 549 g/mol. The van der Waals surface area contributed by atoms with Gasteiger partial charge in [0.15, 0.2) is 6.61 Å². The van der Waals surface area contributed by atoms with Crippen LogP contribution >= 0.6 is 0 Å². The van der Waals surface area contributed by atoms with Gasteiger partial charge in [0.1, 0.15) is 17.6 Å². The Kier molecular flexibility index (Phi) is 9.26. The number of hydrogen-bond donors (Lipinski definition) is 4. The van der Waals surface area contributed by atoms with E-state index in [0.717, 1.165) is 11.1 Å². The average Bonchev–Trinajstić information content (AvgIpc) is 3.31. The summed E-state index contributed by atoms with van der Waals surface area (Å²) < 4.78 is 11.8. The molecule has 2 aromatic carbocycles. The summed E-state index contributed by atoms with van der Waals surface area (Å²) in [7, 11) is 0. The largest absolute Gasteiger partial charge is 0.487 e. The first-order chi connectivity index (χ1) is 19.3. The molecule has 3 aromatic rings. The Morgan fingerprint density at radius 3 is 2.48 bits per heavy atom. The molecule has 0 unspecified atom stereocenters. The third kappa shape index (κ3) is 7.54. The highest BCUT2D eigenvalue weighted by Gasteiger charge is 2.36. The first-order valence-electron chi connectivity index (χ1n) is 12.4. The highest BCUT2D eigenvalue weighted by Crippen LogP contribution is 2.23. The predicted octanol–water partition coefficient (Wildman–Crippen LogP) is 1.55. The summed E-state index contributed by atoms with van der Waals surface area (Å²) in [6.45, 7) is 1.51. The van der Waals surface area contributed by atoms with Gasteiger partial charge in [0.05, 0.1) is 11.6 Å². The number of fused-ring (bicyclic) bond motifs is 7. The fourth-order valence-electron chi connectivity index (χ4n) is 4.44. The van der Waals surface area contributed by atoms with E-state index in [-0.39, 0.29) is 48.0 Å². The molecule has 0 saturated carbocycles. The van der Waals surface area contributed by atoms with E-state index in [1.54, 1.807) is 12.4 Å². The van der Waals surface area contributed by atoms with E-state index >= 15 is 0 Å². The molecule has 12 nitrogen and oxygen atoms in total. The molecule has 12 heteroatoms. The highest BCUT2D eigenvalue weighted by atomic mass is 16.5. The molecule has 3 aliphatic heterocycles. The number of nitrogens with one attached hydrogen (secondary N) is 2. The number of likely N-dealkylation sites (tertiary alicyclic amines) is 1. The number of carbonyl (C=O) groups is 4. The number of nitrogens with zero attached hydrogens (tertiary/aromatic N) is 2. The third-order valence-electron chi connectivity index (χ3n) is 6.30. The zero-order valence-electron chi connectivity index (χ0n) is 21.4. The topological polar surface area (TPSA) is 167 Å². The van der Waals surface area contributed by atoms with Crippen LogP contribution in [0.1, 0.15) is 31.8 Å². The Balaban J connectivity index is 0.00000118. The summed E-state index contributed by atoms with van der Waals surface area (Å²) in [5, 5.41) is 22.2. The lowest BCUT2D eigenvalue weighted by Gasteiger charge is -2.21. The van der Waals surface area contributed by atoms with Crippen molar-refractivity contribution in [2.75, 3.05) is 19.7 Å². The van der Waals surface area contributed by atoms with Crippen molar-refractivity contribution in [1.29, 1.82) is 0 Å². The van der Waals surface area contributed by atoms with E-state index in [9.17, 15) is 19.5 Å². The van der Waals surface area contributed by atoms with Crippen molar-refractivity contribution in [3.05, 3.63) is 89.2 Å². The van der Waals surface area contributed by atoms with Crippen molar-refractivity contribution in [1.82, 2.24) is 20.5 Å². The second kappa shape index (κ2) is 13.2. The van der Waals surface area contributed by atoms with Gasteiger partial charge < -0.3 is 30.3 Å². The lowest BCUT2D eigenvalue weighted by Crippen LogP contribution is -2.45. The standard InChI is InChI=1S/C27H26N4O6.CH2O2/c32-25-16-36-22-10-19(9-20(11-22)27(34)35)26(33)30-23-14-31(13-18-5-7-28-8-6-18)15-24(23)37-21-3-1-17(2-4-21)12-29-25;2-1-3/h1-11,23-24H,12-16H2,(H,29,32)(H,30,33)(H,34,35);1H,(H,2,3)/t23-,24-;/m0./s1. The van der Waals surface area contributed by atoms with Crippen molar-refractivity contribution >= 4 is 24.3 Å². The number of pyridine rings is 1. The Bertz CT molecular complexity index is 1350. The molecule has 0 radical (unpaired) electrons. The molecule has 1 saturated heterocycles. The van der Waals surface area contributed by atoms with Crippen molar-refractivity contribution in [3.63, 3.8) is 0 Å². The molecule has 208 valence electrons. The summed E-state index contributed by atoms with van der Waals surface area (Å²) in [6.07, 6.45) is 3.14. The number of carbonyl (C=O) groups excluding carboxylic acids is 2. The van der Waals surface area contributed by atoms with Crippen molar-refractivity contribution in [2.45, 2.75) is 25.2 Å². The minimum atomic E-state index is -1.21. The summed E-state index contributed by atoms with van der Waals surface area (Å²) in [4.78, 5) is 51.8. The van der Waals surface area contributed by atoms with Gasteiger partial charge in [-0.15, -0.1) is 0 Å². The van der Waals surface area contributed by atoms with Gasteiger partial charge in [-0.1, -0.05) is 12.1 Å². The monoisotopic (exact) mass is 548 g/mol. The van der Waals surface area contributed by atoms with E-state index in [4.69, 9.17) is 19.4 Å². The first kappa shape index (κ1) is 28.0. The van der Waals surface area contributed by atoms with Gasteiger partial charge >= 0.3 is 5.97 Å². The quantitative estimate of drug-likeness (QED) is 0.353. The van der Waals surface area contributed by atoms with Gasteiger partial charge in [0.2, 0.25) is 0 Å². The molecule has 6 rings (SSSR count). The maximum absolute atomic E-state index is 13.3. The minimum Gasteiger partial charge on any atom is -0.487 e. The number of rotatable bonds is 3. The second-order valence-corrected chi connectivity index (χ2v) is 9.15. The van der Waals surface area contributed by atoms with Crippen LogP contribution in [0.4, 0.5) is 0 Å². The number of carboxylic acid groups (broad SMARTS) is 2. The molecule has 2 amide bonds. The molecular formula is C28H28N4O8. The number of aromatic nitrogens is 1. The fourth-order valence-corrected chi connectivity index (χ4v) is 4.44. The second-order valence-electron chi connectivity index (χ2n) is 9.15. The van der Waals surface area contributed by atoms with Crippen molar-refractivity contribution < 1.29 is 38.9 Å². The van der Waals surface area contributed by atoms with E-state index in [2.05, 4.69) is 20.5 Å². The molecule has 1 fully saturated rings. The Morgan fingerprint density at radius 2 is 1.77 bits per heavy atom. The number of amides is 2. The van der Waals surface area contributed by atoms with Crippen LogP contribution in [0.3, 0.4) is 0 Å². The molecule has 4 N–H and O–H groups in total. The van der Waals surface area contributed by atoms with Crippen LogP contribution in [0.2, 0.25) is 0 Å². The van der Waals surface area contributed by atoms with Crippen LogP contribution in [-0.2, 0) is 22.7 Å². The zero-order valence-corrected chi connectivity index (χ0v) is 21.4. The van der Waals surface area contributed by atoms with Crippen LogP contribution in [0.25, 0.3) is 0 Å². The molecule has 0 aliphatic carbocycles. The van der Waals surface area contributed by atoms with Crippen LogP contribution in [0, 0.1) is 0 Å². The van der Waals surface area contributed by atoms with Gasteiger partial charge in [-0.05, 0) is 53.6 Å². The Labute approximate surface area is 229 Å². The lowest BCUT2D eigenvalue weighted by molar-refractivity contribution is -0.123. The Morgan fingerprint density at radius 1 is 1.05 bits per heavy atom. The fraction of sp³-hybridized carbons (Fsp3) is 0.250. The van der Waals surface area contributed by atoms with Crippen molar-refractivity contribution in [3.8, 4) is 11.5 Å². The number of carboxylic acids is 1. The SMILES string of the molecule is O=C1COc2cc(C(=O)O)cc(c2)C(=O)N[C@H]2CN(Cc3ccncc3)C[C@@H]2Oc2ccc(cc2)CN1.O=CO. The molecule has 4 heterocycles. The molecule has 0 spiro atoms. The van der Waals surface area contributed by atoms with Gasteiger partial charge in [0.25, 0.3) is 18.3 Å². The molecular weight excluding hydrogens is 520 g/mol. The lowest BCUT2D eigenvalue weighted by atomic mass is 10.1. The van der Waals surface area contributed by atoms with Gasteiger partial charge in [-0.2, -0.15) is 0 Å². The van der Waals surface area contributed by atoms with Crippen molar-refractivity contribution in [2.24, 2.45) is 0 Å². The smallest absolute Gasteiger partial charge is 0.335 e. The normalized spacial score (nSPS) is 18.9.